The van der Waals surface area contributed by atoms with E-state index in [9.17, 15) is 0 Å². The van der Waals surface area contributed by atoms with Crippen LogP contribution in [0, 0.1) is 0 Å². The van der Waals surface area contributed by atoms with Gasteiger partial charge in [-0.15, -0.1) is 0 Å². The van der Waals surface area contributed by atoms with Crippen molar-refractivity contribution in [3.63, 3.8) is 0 Å². The molecule has 0 bridgehead atoms. The molecular weight excluding hydrogens is 253 g/mol. The van der Waals surface area contributed by atoms with Gasteiger partial charge < -0.3 is 10.5 Å². The fraction of sp³-hybridized carbons (Fsp3) is 0.400. The first kappa shape index (κ1) is 13.0. The summed E-state index contributed by atoms with van der Waals surface area (Å²) >= 11 is 13.8. The molecule has 0 fully saturated rings. The molecule has 0 spiro atoms. The Morgan fingerprint density at radius 3 is 2.60 bits per heavy atom. The van der Waals surface area contributed by atoms with Gasteiger partial charge in [-0.2, -0.15) is 11.8 Å². The van der Waals surface area contributed by atoms with E-state index >= 15 is 0 Å². The summed E-state index contributed by atoms with van der Waals surface area (Å²) < 4.78 is 5.06. The van der Waals surface area contributed by atoms with Crippen molar-refractivity contribution in [3.8, 4) is 5.75 Å². The molecule has 0 aliphatic carbocycles. The molecule has 1 aromatic carbocycles. The van der Waals surface area contributed by atoms with Crippen LogP contribution in [0.2, 0.25) is 10.0 Å². The molecule has 0 heterocycles. The fourth-order valence-electron chi connectivity index (χ4n) is 1.25. The highest BCUT2D eigenvalue weighted by molar-refractivity contribution is 7.98. The summed E-state index contributed by atoms with van der Waals surface area (Å²) in [5.74, 6) is 1.38. The molecule has 0 radical (unpaired) electrons. The van der Waals surface area contributed by atoms with Crippen LogP contribution in [-0.4, -0.2) is 19.1 Å². The van der Waals surface area contributed by atoms with Crippen molar-refractivity contribution >= 4 is 35.0 Å². The van der Waals surface area contributed by atoms with Gasteiger partial charge >= 0.3 is 0 Å². The maximum absolute atomic E-state index is 6.08. The number of ether oxygens (including phenoxy) is 1. The first-order chi connectivity index (χ1) is 7.10. The van der Waals surface area contributed by atoms with E-state index in [0.29, 0.717) is 15.8 Å². The average molecular weight is 266 g/mol. The fourth-order valence-corrected chi connectivity index (χ4v) is 2.34. The summed E-state index contributed by atoms with van der Waals surface area (Å²) in [4.78, 5) is 0. The van der Waals surface area contributed by atoms with Gasteiger partial charge in [0.2, 0.25) is 0 Å². The smallest absolute Gasteiger partial charge is 0.138 e. The van der Waals surface area contributed by atoms with Gasteiger partial charge in [-0.1, -0.05) is 23.2 Å². The summed E-state index contributed by atoms with van der Waals surface area (Å²) in [6.45, 7) is 0. The van der Waals surface area contributed by atoms with Crippen molar-refractivity contribution < 1.29 is 4.74 Å². The zero-order chi connectivity index (χ0) is 11.4. The van der Waals surface area contributed by atoms with Crippen LogP contribution in [0.1, 0.15) is 11.6 Å². The van der Waals surface area contributed by atoms with Crippen molar-refractivity contribution in [2.24, 2.45) is 5.73 Å². The highest BCUT2D eigenvalue weighted by Gasteiger charge is 2.13. The van der Waals surface area contributed by atoms with Gasteiger partial charge in [0.25, 0.3) is 0 Å². The minimum atomic E-state index is -0.101. The van der Waals surface area contributed by atoms with Gasteiger partial charge in [-0.3, -0.25) is 0 Å². The Kier molecular flexibility index (Phi) is 5.06. The Morgan fingerprint density at radius 1 is 1.40 bits per heavy atom. The lowest BCUT2D eigenvalue weighted by Crippen LogP contribution is -2.13. The van der Waals surface area contributed by atoms with E-state index in [1.165, 1.54) is 0 Å². The Morgan fingerprint density at radius 2 is 2.07 bits per heavy atom. The van der Waals surface area contributed by atoms with Gasteiger partial charge in [0.15, 0.2) is 0 Å². The Labute approximate surface area is 104 Å². The van der Waals surface area contributed by atoms with Crippen LogP contribution >= 0.6 is 35.0 Å². The summed E-state index contributed by atoms with van der Waals surface area (Å²) in [6, 6.07) is 3.36. The summed E-state index contributed by atoms with van der Waals surface area (Å²) in [6.07, 6.45) is 2.00. The monoisotopic (exact) mass is 265 g/mol. The molecule has 1 atom stereocenters. The van der Waals surface area contributed by atoms with E-state index in [0.717, 1.165) is 11.3 Å². The van der Waals surface area contributed by atoms with Crippen LogP contribution in [0.15, 0.2) is 12.1 Å². The normalized spacial score (nSPS) is 12.6. The molecule has 0 saturated heterocycles. The maximum Gasteiger partial charge on any atom is 0.138 e. The van der Waals surface area contributed by atoms with Crippen LogP contribution in [0.3, 0.4) is 0 Å². The average Bonchev–Trinajstić information content (AvgIpc) is 2.21. The number of nitrogens with two attached hydrogens (primary N) is 1. The second-order valence-electron chi connectivity index (χ2n) is 3.07. The van der Waals surface area contributed by atoms with Gasteiger partial charge in [-0.25, -0.2) is 0 Å². The van der Waals surface area contributed by atoms with Gasteiger partial charge in [0, 0.05) is 22.9 Å². The first-order valence-electron chi connectivity index (χ1n) is 4.37. The van der Waals surface area contributed by atoms with Crippen molar-refractivity contribution in [1.82, 2.24) is 0 Å². The van der Waals surface area contributed by atoms with Crippen molar-refractivity contribution in [2.75, 3.05) is 19.1 Å². The van der Waals surface area contributed by atoms with Crippen LogP contribution in [0.25, 0.3) is 0 Å². The van der Waals surface area contributed by atoms with Crippen LogP contribution in [-0.2, 0) is 0 Å². The number of methoxy groups -OCH3 is 1. The first-order valence-corrected chi connectivity index (χ1v) is 6.52. The molecule has 1 unspecified atom stereocenters. The van der Waals surface area contributed by atoms with Gasteiger partial charge in [0.05, 0.1) is 12.1 Å². The predicted molar refractivity (Wildman–Crippen MR) is 68.3 cm³/mol. The van der Waals surface area contributed by atoms with Gasteiger partial charge in [-0.05, 0) is 17.9 Å². The van der Waals surface area contributed by atoms with Crippen molar-refractivity contribution in [1.29, 1.82) is 0 Å². The van der Waals surface area contributed by atoms with E-state index in [1.54, 1.807) is 31.0 Å². The highest BCUT2D eigenvalue weighted by atomic mass is 35.5. The molecule has 0 aliphatic rings. The van der Waals surface area contributed by atoms with Crippen LogP contribution < -0.4 is 10.5 Å². The van der Waals surface area contributed by atoms with Crippen LogP contribution in [0.4, 0.5) is 0 Å². The zero-order valence-corrected chi connectivity index (χ0v) is 10.9. The molecule has 1 aromatic rings. The molecule has 2 N–H and O–H groups in total. The summed E-state index contributed by atoms with van der Waals surface area (Å²) in [5, 5.41) is 1.13. The standard InChI is InChI=1S/C10H13Cl2NOS/c1-14-10-4-7(11)6(3-8(10)12)9(13)5-15-2/h3-4,9H,5,13H2,1-2H3. The Balaban J connectivity index is 3.04. The topological polar surface area (TPSA) is 35.2 Å². The van der Waals surface area contributed by atoms with E-state index in [1.807, 2.05) is 6.26 Å². The molecule has 1 rings (SSSR count). The number of rotatable bonds is 4. The third kappa shape index (κ3) is 3.18. The highest BCUT2D eigenvalue weighted by Crippen LogP contribution is 2.33. The molecule has 0 saturated carbocycles. The summed E-state index contributed by atoms with van der Waals surface area (Å²) in [7, 11) is 1.55. The minimum absolute atomic E-state index is 0.101. The molecule has 2 nitrogen and oxygen atoms in total. The number of thioether (sulfide) groups is 1. The SMILES string of the molecule is COc1cc(Cl)c(C(N)CSC)cc1Cl. The molecule has 15 heavy (non-hydrogen) atoms. The lowest BCUT2D eigenvalue weighted by molar-refractivity contribution is 0.415. The second-order valence-corrected chi connectivity index (χ2v) is 4.80. The van der Waals surface area contributed by atoms with Crippen molar-refractivity contribution in [2.45, 2.75) is 6.04 Å². The van der Waals surface area contributed by atoms with E-state index in [2.05, 4.69) is 0 Å². The third-order valence-electron chi connectivity index (χ3n) is 2.02. The molecular formula is C10H13Cl2NOS. The van der Waals surface area contributed by atoms with Gasteiger partial charge in [0.1, 0.15) is 5.75 Å². The molecule has 0 aromatic heterocycles. The molecule has 0 aliphatic heterocycles. The maximum atomic E-state index is 6.08. The quantitative estimate of drug-likeness (QED) is 0.907. The summed E-state index contributed by atoms with van der Waals surface area (Å²) in [5.41, 5.74) is 6.82. The molecule has 0 amide bonds. The molecule has 5 heteroatoms. The Bertz CT molecular complexity index is 346. The van der Waals surface area contributed by atoms with E-state index in [-0.39, 0.29) is 6.04 Å². The lowest BCUT2D eigenvalue weighted by Gasteiger charge is -2.14. The largest absolute Gasteiger partial charge is 0.495 e. The predicted octanol–water partition coefficient (Wildman–Crippen LogP) is 3.36. The number of hydrogen-bond donors (Lipinski definition) is 1. The number of hydrogen-bond acceptors (Lipinski definition) is 3. The third-order valence-corrected chi connectivity index (χ3v) is 3.33. The van der Waals surface area contributed by atoms with Crippen LogP contribution in [0.5, 0.6) is 5.75 Å². The van der Waals surface area contributed by atoms with E-state index in [4.69, 9.17) is 33.7 Å². The minimum Gasteiger partial charge on any atom is -0.495 e. The number of halogens is 2. The zero-order valence-electron chi connectivity index (χ0n) is 8.59. The number of benzene rings is 1. The Hall–Kier alpha value is -0.0900. The van der Waals surface area contributed by atoms with E-state index < -0.39 is 0 Å². The second kappa shape index (κ2) is 5.85. The lowest BCUT2D eigenvalue weighted by atomic mass is 10.1. The van der Waals surface area contributed by atoms with Crippen molar-refractivity contribution in [3.05, 3.63) is 27.7 Å². The molecule has 84 valence electrons.